The van der Waals surface area contributed by atoms with Gasteiger partial charge in [-0.15, -0.1) is 0 Å². The lowest BCUT2D eigenvalue weighted by molar-refractivity contribution is -0.129. The van der Waals surface area contributed by atoms with Crippen molar-refractivity contribution >= 4 is 5.91 Å². The molecule has 0 atom stereocenters. The predicted molar refractivity (Wildman–Crippen MR) is 67.2 cm³/mol. The summed E-state index contributed by atoms with van der Waals surface area (Å²) in [6.07, 6.45) is 0. The van der Waals surface area contributed by atoms with E-state index in [0.29, 0.717) is 26.2 Å². The molecule has 0 saturated carbocycles. The summed E-state index contributed by atoms with van der Waals surface area (Å²) in [6.45, 7) is 5.82. The molecule has 0 aliphatic carbocycles. The summed E-state index contributed by atoms with van der Waals surface area (Å²) in [7, 11) is 3.40. The lowest BCUT2D eigenvalue weighted by Crippen LogP contribution is -2.36. The fourth-order valence-electron chi connectivity index (χ4n) is 1.56. The van der Waals surface area contributed by atoms with Gasteiger partial charge in [-0.25, -0.2) is 0 Å². The average molecular weight is 255 g/mol. The number of ether oxygens (including phenoxy) is 1. The van der Waals surface area contributed by atoms with Crippen LogP contribution in [0.1, 0.15) is 17.0 Å². The first-order valence-corrected chi connectivity index (χ1v) is 5.91. The van der Waals surface area contributed by atoms with E-state index in [1.54, 1.807) is 19.1 Å². The topological polar surface area (TPSA) is 67.6 Å². The van der Waals surface area contributed by atoms with Crippen molar-refractivity contribution in [3.63, 3.8) is 0 Å². The molecule has 18 heavy (non-hydrogen) atoms. The number of likely N-dealkylation sites (N-methyl/N-ethyl adjacent to an activating group) is 1. The highest BCUT2D eigenvalue weighted by molar-refractivity contribution is 5.78. The summed E-state index contributed by atoms with van der Waals surface area (Å²) in [4.78, 5) is 13.5. The smallest absolute Gasteiger partial charge is 0.236 e. The Kier molecular flexibility index (Phi) is 5.80. The molecule has 1 heterocycles. The molecule has 1 rings (SSSR count). The molecule has 1 N–H and O–H groups in total. The van der Waals surface area contributed by atoms with Crippen LogP contribution in [0.15, 0.2) is 4.52 Å². The molecule has 0 spiro atoms. The SMILES string of the molecule is COCCNCC(=O)N(C)Cc1c(C)noc1C. The lowest BCUT2D eigenvalue weighted by atomic mass is 10.2. The first kappa shape index (κ1) is 14.7. The average Bonchev–Trinajstić information content (AvgIpc) is 2.66. The first-order chi connectivity index (χ1) is 8.56. The number of nitrogens with zero attached hydrogens (tertiary/aromatic N) is 2. The fraction of sp³-hybridized carbons (Fsp3) is 0.667. The van der Waals surface area contributed by atoms with Crippen LogP contribution in [0.2, 0.25) is 0 Å². The monoisotopic (exact) mass is 255 g/mol. The maximum Gasteiger partial charge on any atom is 0.236 e. The second-order valence-corrected chi connectivity index (χ2v) is 4.22. The van der Waals surface area contributed by atoms with Crippen LogP contribution in [0.5, 0.6) is 0 Å². The molecular formula is C12H21N3O3. The van der Waals surface area contributed by atoms with Gasteiger partial charge in [0.2, 0.25) is 5.91 Å². The Bertz CT molecular complexity index is 370. The van der Waals surface area contributed by atoms with Crippen molar-refractivity contribution in [3.05, 3.63) is 17.0 Å². The summed E-state index contributed by atoms with van der Waals surface area (Å²) in [6, 6.07) is 0. The Morgan fingerprint density at radius 1 is 1.50 bits per heavy atom. The molecule has 0 fully saturated rings. The maximum absolute atomic E-state index is 11.8. The van der Waals surface area contributed by atoms with Crippen LogP contribution >= 0.6 is 0 Å². The van der Waals surface area contributed by atoms with Gasteiger partial charge in [0.15, 0.2) is 0 Å². The molecular weight excluding hydrogens is 234 g/mol. The predicted octanol–water partition coefficient (Wildman–Crippen LogP) is 0.486. The van der Waals surface area contributed by atoms with E-state index in [0.717, 1.165) is 17.0 Å². The number of hydrogen-bond donors (Lipinski definition) is 1. The van der Waals surface area contributed by atoms with E-state index in [1.807, 2.05) is 13.8 Å². The van der Waals surface area contributed by atoms with Gasteiger partial charge in [-0.2, -0.15) is 0 Å². The van der Waals surface area contributed by atoms with Gasteiger partial charge in [-0.1, -0.05) is 5.16 Å². The van der Waals surface area contributed by atoms with Gasteiger partial charge < -0.3 is 19.5 Å². The minimum Gasteiger partial charge on any atom is -0.383 e. The summed E-state index contributed by atoms with van der Waals surface area (Å²) >= 11 is 0. The Labute approximate surface area is 107 Å². The highest BCUT2D eigenvalue weighted by Crippen LogP contribution is 2.13. The summed E-state index contributed by atoms with van der Waals surface area (Å²) in [5, 5.41) is 6.89. The van der Waals surface area contributed by atoms with Gasteiger partial charge in [0.25, 0.3) is 0 Å². The van der Waals surface area contributed by atoms with Gasteiger partial charge in [-0.3, -0.25) is 4.79 Å². The number of carbonyl (C=O) groups is 1. The number of amides is 1. The van der Waals surface area contributed by atoms with E-state index in [2.05, 4.69) is 10.5 Å². The summed E-state index contributed by atoms with van der Waals surface area (Å²) in [5.41, 5.74) is 1.81. The van der Waals surface area contributed by atoms with Crippen LogP contribution in [-0.4, -0.2) is 49.8 Å². The van der Waals surface area contributed by atoms with Crippen molar-refractivity contribution in [2.45, 2.75) is 20.4 Å². The van der Waals surface area contributed by atoms with Crippen LogP contribution in [0, 0.1) is 13.8 Å². The van der Waals surface area contributed by atoms with E-state index in [-0.39, 0.29) is 5.91 Å². The van der Waals surface area contributed by atoms with E-state index in [1.165, 1.54) is 0 Å². The molecule has 1 aromatic heterocycles. The van der Waals surface area contributed by atoms with Crippen molar-refractivity contribution in [1.82, 2.24) is 15.4 Å². The van der Waals surface area contributed by atoms with Crippen LogP contribution in [0.25, 0.3) is 0 Å². The number of methoxy groups -OCH3 is 1. The molecule has 1 aromatic rings. The van der Waals surface area contributed by atoms with Crippen molar-refractivity contribution in [2.24, 2.45) is 0 Å². The van der Waals surface area contributed by atoms with Gasteiger partial charge in [-0.05, 0) is 13.8 Å². The molecule has 6 nitrogen and oxygen atoms in total. The largest absolute Gasteiger partial charge is 0.383 e. The second kappa shape index (κ2) is 7.13. The quantitative estimate of drug-likeness (QED) is 0.718. The third-order valence-electron chi connectivity index (χ3n) is 2.76. The highest BCUT2D eigenvalue weighted by Gasteiger charge is 2.14. The molecule has 0 unspecified atom stereocenters. The molecule has 1 amide bonds. The molecule has 0 aromatic carbocycles. The Hall–Kier alpha value is -1.40. The molecule has 102 valence electrons. The van der Waals surface area contributed by atoms with Crippen LogP contribution in [-0.2, 0) is 16.1 Å². The maximum atomic E-state index is 11.8. The van der Waals surface area contributed by atoms with E-state index in [4.69, 9.17) is 9.26 Å². The summed E-state index contributed by atoms with van der Waals surface area (Å²) in [5.74, 6) is 0.797. The van der Waals surface area contributed by atoms with Crippen molar-refractivity contribution in [2.75, 3.05) is 33.9 Å². The van der Waals surface area contributed by atoms with E-state index in [9.17, 15) is 4.79 Å². The van der Waals surface area contributed by atoms with Crippen molar-refractivity contribution < 1.29 is 14.1 Å². The van der Waals surface area contributed by atoms with Gasteiger partial charge >= 0.3 is 0 Å². The van der Waals surface area contributed by atoms with Crippen LogP contribution < -0.4 is 5.32 Å². The Morgan fingerprint density at radius 3 is 2.78 bits per heavy atom. The third kappa shape index (κ3) is 4.12. The van der Waals surface area contributed by atoms with Crippen LogP contribution in [0.3, 0.4) is 0 Å². The molecule has 0 saturated heterocycles. The summed E-state index contributed by atoms with van der Waals surface area (Å²) < 4.78 is 9.96. The normalized spacial score (nSPS) is 10.7. The van der Waals surface area contributed by atoms with Crippen molar-refractivity contribution in [1.29, 1.82) is 0 Å². The molecule has 0 bridgehead atoms. The van der Waals surface area contributed by atoms with Gasteiger partial charge in [0.05, 0.1) is 25.4 Å². The number of aryl methyl sites for hydroxylation is 2. The standard InChI is InChI=1S/C12H21N3O3/c1-9-11(10(2)18-14-9)8-15(3)12(16)7-13-5-6-17-4/h13H,5-8H2,1-4H3. The zero-order valence-electron chi connectivity index (χ0n) is 11.4. The number of carbonyl (C=O) groups excluding carboxylic acids is 1. The number of aromatic nitrogens is 1. The van der Waals surface area contributed by atoms with Gasteiger partial charge in [0.1, 0.15) is 5.76 Å². The minimum absolute atomic E-state index is 0.0334. The number of rotatable bonds is 7. The number of hydrogen-bond acceptors (Lipinski definition) is 5. The number of nitrogens with one attached hydrogen (secondary N) is 1. The Balaban J connectivity index is 2.40. The second-order valence-electron chi connectivity index (χ2n) is 4.22. The van der Waals surface area contributed by atoms with E-state index >= 15 is 0 Å². The fourth-order valence-corrected chi connectivity index (χ4v) is 1.56. The highest BCUT2D eigenvalue weighted by atomic mass is 16.5. The minimum atomic E-state index is 0.0334. The van der Waals surface area contributed by atoms with Crippen LogP contribution in [0.4, 0.5) is 0 Å². The van der Waals surface area contributed by atoms with Crippen molar-refractivity contribution in [3.8, 4) is 0 Å². The lowest BCUT2D eigenvalue weighted by Gasteiger charge is -2.17. The zero-order valence-corrected chi connectivity index (χ0v) is 11.4. The molecule has 0 aliphatic rings. The molecule has 6 heteroatoms. The van der Waals surface area contributed by atoms with Gasteiger partial charge in [0, 0.05) is 26.3 Å². The third-order valence-corrected chi connectivity index (χ3v) is 2.76. The first-order valence-electron chi connectivity index (χ1n) is 5.91. The Morgan fingerprint density at radius 2 is 2.22 bits per heavy atom. The molecule has 0 radical (unpaired) electrons. The zero-order chi connectivity index (χ0) is 13.5. The molecule has 0 aliphatic heterocycles. The van der Waals surface area contributed by atoms with E-state index < -0.39 is 0 Å².